The van der Waals surface area contributed by atoms with Gasteiger partial charge in [-0.15, -0.1) is 0 Å². The highest BCUT2D eigenvalue weighted by Crippen LogP contribution is 2.50. The lowest BCUT2D eigenvalue weighted by Gasteiger charge is -2.24. The van der Waals surface area contributed by atoms with E-state index in [1.807, 2.05) is 60.7 Å². The molecular weight excluding hydrogens is 677 g/mol. The SMILES string of the molecule is CC(C)(C)OC(=O)[C@H](CCC(=O)O)NC(=O)CCCCCCCCCCCCCCCCCCP(=O)(OCc1ccccc1)OCc1ccccc1. The number of benzene rings is 2. The number of carbonyl (C=O) groups excluding carboxylic acids is 2. The van der Waals surface area contributed by atoms with Crippen LogP contribution < -0.4 is 5.32 Å². The molecule has 0 aliphatic rings. The molecule has 0 saturated heterocycles. The number of amides is 1. The van der Waals surface area contributed by atoms with Gasteiger partial charge in [-0.05, 0) is 51.2 Å². The highest BCUT2D eigenvalue weighted by molar-refractivity contribution is 7.53. The lowest BCUT2D eigenvalue weighted by molar-refractivity contribution is -0.159. The third kappa shape index (κ3) is 23.5. The Bertz CT molecular complexity index is 1250. The van der Waals surface area contributed by atoms with E-state index in [4.69, 9.17) is 18.9 Å². The van der Waals surface area contributed by atoms with Crippen molar-refractivity contribution in [1.82, 2.24) is 5.32 Å². The third-order valence-corrected chi connectivity index (χ3v) is 10.7. The smallest absolute Gasteiger partial charge is 0.331 e. The van der Waals surface area contributed by atoms with Crippen LogP contribution in [0.5, 0.6) is 0 Å². The van der Waals surface area contributed by atoms with Gasteiger partial charge in [-0.2, -0.15) is 0 Å². The van der Waals surface area contributed by atoms with Crippen molar-refractivity contribution in [1.29, 1.82) is 0 Å². The van der Waals surface area contributed by atoms with Crippen LogP contribution in [0, 0.1) is 0 Å². The number of unbranched alkanes of at least 4 members (excludes halogenated alkanes) is 15. The molecule has 0 bridgehead atoms. The Kier molecular flexibility index (Phi) is 23.2. The largest absolute Gasteiger partial charge is 0.481 e. The monoisotopic (exact) mass is 743 g/mol. The molecule has 0 radical (unpaired) electrons. The van der Waals surface area contributed by atoms with Crippen molar-refractivity contribution in [3.8, 4) is 0 Å². The Morgan fingerprint density at radius 1 is 0.635 bits per heavy atom. The van der Waals surface area contributed by atoms with Crippen LogP contribution in [0.1, 0.15) is 154 Å². The minimum absolute atomic E-state index is 0.0155. The maximum atomic E-state index is 13.6. The normalized spacial score (nSPS) is 12.4. The molecule has 0 unspecified atom stereocenters. The molecule has 2 aromatic carbocycles. The van der Waals surface area contributed by atoms with Gasteiger partial charge in [0.15, 0.2) is 0 Å². The first kappa shape index (κ1) is 45.2. The summed E-state index contributed by atoms with van der Waals surface area (Å²) in [5.41, 5.74) is 1.27. The zero-order chi connectivity index (χ0) is 37.9. The summed E-state index contributed by atoms with van der Waals surface area (Å²) >= 11 is 0. The van der Waals surface area contributed by atoms with Gasteiger partial charge in [0.25, 0.3) is 0 Å². The van der Waals surface area contributed by atoms with E-state index >= 15 is 0 Å². The highest BCUT2D eigenvalue weighted by Gasteiger charge is 2.27. The molecule has 0 fully saturated rings. The van der Waals surface area contributed by atoms with Crippen LogP contribution in [0.15, 0.2) is 60.7 Å². The Balaban J connectivity index is 1.45. The fourth-order valence-electron chi connectivity index (χ4n) is 5.88. The number of rotatable bonds is 30. The Morgan fingerprint density at radius 3 is 1.44 bits per heavy atom. The van der Waals surface area contributed by atoms with Crippen LogP contribution in [0.4, 0.5) is 0 Å². The molecule has 2 N–H and O–H groups in total. The molecule has 0 saturated carbocycles. The minimum atomic E-state index is -3.20. The second-order valence-electron chi connectivity index (χ2n) is 14.8. The number of nitrogens with one attached hydrogen (secondary N) is 1. The number of ether oxygens (including phenoxy) is 1. The number of hydrogen-bond acceptors (Lipinski definition) is 7. The summed E-state index contributed by atoms with van der Waals surface area (Å²) in [6, 6.07) is 18.7. The van der Waals surface area contributed by atoms with Gasteiger partial charge in [0.2, 0.25) is 5.91 Å². The number of carboxylic acids is 1. The number of hydrogen-bond donors (Lipinski definition) is 2. The molecule has 52 heavy (non-hydrogen) atoms. The van der Waals surface area contributed by atoms with Crippen molar-refractivity contribution in [3.05, 3.63) is 71.8 Å². The standard InChI is InChI=1S/C42H66NO8P/c1-42(2,3)51-41(47)38(31-32-40(45)46)43-39(44)30-24-16-14-12-10-8-6-4-5-7-9-11-13-15-17-25-33-52(48,49-34-36-26-20-18-21-27-36)50-35-37-28-22-19-23-29-37/h18-23,26-29,38H,4-17,24-25,30-35H2,1-3H3,(H,43,44)(H,45,46)/t38-/m0/s1. The fourth-order valence-corrected chi connectivity index (χ4v) is 7.52. The van der Waals surface area contributed by atoms with Crippen molar-refractivity contribution >= 4 is 25.4 Å². The van der Waals surface area contributed by atoms with Gasteiger partial charge in [-0.1, -0.05) is 151 Å². The number of carbonyl (C=O) groups is 3. The Labute approximate surface area is 313 Å². The molecule has 0 aliphatic carbocycles. The van der Waals surface area contributed by atoms with E-state index in [1.165, 1.54) is 57.8 Å². The summed E-state index contributed by atoms with van der Waals surface area (Å²) in [7, 11) is -3.20. The number of esters is 1. The molecule has 0 aliphatic heterocycles. The van der Waals surface area contributed by atoms with Gasteiger partial charge in [-0.3, -0.25) is 14.2 Å². The van der Waals surface area contributed by atoms with Crippen LogP contribution in [0.3, 0.4) is 0 Å². The van der Waals surface area contributed by atoms with E-state index in [-0.39, 0.29) is 32.0 Å². The zero-order valence-electron chi connectivity index (χ0n) is 32.2. The minimum Gasteiger partial charge on any atom is -0.481 e. The van der Waals surface area contributed by atoms with Crippen molar-refractivity contribution in [2.75, 3.05) is 6.16 Å². The first-order valence-electron chi connectivity index (χ1n) is 19.7. The lowest BCUT2D eigenvalue weighted by Crippen LogP contribution is -2.44. The first-order chi connectivity index (χ1) is 25.0. The summed E-state index contributed by atoms with van der Waals surface area (Å²) in [4.78, 5) is 35.8. The van der Waals surface area contributed by atoms with Gasteiger partial charge >= 0.3 is 19.5 Å². The second kappa shape index (κ2) is 26.7. The molecular formula is C42H66NO8P. The van der Waals surface area contributed by atoms with Gasteiger partial charge < -0.3 is 24.2 Å². The molecule has 9 nitrogen and oxygen atoms in total. The Morgan fingerprint density at radius 2 is 1.04 bits per heavy atom. The number of carboxylic acid groups (broad SMARTS) is 1. The highest BCUT2D eigenvalue weighted by atomic mass is 31.2. The molecule has 0 aromatic heterocycles. The van der Waals surface area contributed by atoms with Gasteiger partial charge in [0, 0.05) is 12.8 Å². The molecule has 10 heteroatoms. The van der Waals surface area contributed by atoms with Crippen LogP contribution >= 0.6 is 7.60 Å². The van der Waals surface area contributed by atoms with Crippen molar-refractivity contribution in [3.63, 3.8) is 0 Å². The molecule has 2 aromatic rings. The molecule has 292 valence electrons. The quantitative estimate of drug-likeness (QED) is 0.0460. The van der Waals surface area contributed by atoms with Crippen LogP contribution in [-0.4, -0.2) is 40.8 Å². The predicted octanol–water partition coefficient (Wildman–Crippen LogP) is 10.9. The van der Waals surface area contributed by atoms with Crippen molar-refractivity contribution < 1.29 is 37.8 Å². The number of aliphatic carboxylic acids is 1. The summed E-state index contributed by atoms with van der Waals surface area (Å²) in [6.45, 7) is 5.80. The van der Waals surface area contributed by atoms with Crippen LogP contribution in [-0.2, 0) is 45.9 Å². The predicted molar refractivity (Wildman–Crippen MR) is 208 cm³/mol. The molecule has 0 spiro atoms. The van der Waals surface area contributed by atoms with Crippen LogP contribution in [0.25, 0.3) is 0 Å². The van der Waals surface area contributed by atoms with E-state index in [0.29, 0.717) is 12.6 Å². The molecule has 1 amide bonds. The fraction of sp³-hybridized carbons (Fsp3) is 0.643. The van der Waals surface area contributed by atoms with E-state index in [2.05, 4.69) is 5.32 Å². The third-order valence-electron chi connectivity index (χ3n) is 8.80. The van der Waals surface area contributed by atoms with Gasteiger partial charge in [0.1, 0.15) is 11.6 Å². The molecule has 1 atom stereocenters. The maximum absolute atomic E-state index is 13.6. The van der Waals surface area contributed by atoms with E-state index < -0.39 is 31.2 Å². The van der Waals surface area contributed by atoms with E-state index in [1.54, 1.807) is 20.8 Å². The Hall–Kier alpha value is -3.00. The maximum Gasteiger partial charge on any atom is 0.331 e. The lowest BCUT2D eigenvalue weighted by atomic mass is 10.0. The summed E-state index contributed by atoms with van der Waals surface area (Å²) in [5, 5.41) is 11.7. The topological polar surface area (TPSA) is 128 Å². The van der Waals surface area contributed by atoms with Crippen LogP contribution in [0.2, 0.25) is 0 Å². The van der Waals surface area contributed by atoms with Gasteiger partial charge in [0.05, 0.1) is 19.4 Å². The average Bonchev–Trinajstić information content (AvgIpc) is 3.11. The van der Waals surface area contributed by atoms with E-state index in [0.717, 1.165) is 56.1 Å². The summed E-state index contributed by atoms with van der Waals surface area (Å²) < 4.78 is 30.7. The second-order valence-corrected chi connectivity index (χ2v) is 17.0. The molecule has 2 rings (SSSR count). The average molecular weight is 744 g/mol. The summed E-state index contributed by atoms with van der Waals surface area (Å²) in [5.74, 6) is -1.84. The summed E-state index contributed by atoms with van der Waals surface area (Å²) in [6.07, 6.45) is 18.8. The first-order valence-corrected chi connectivity index (χ1v) is 21.4. The van der Waals surface area contributed by atoms with E-state index in [9.17, 15) is 18.9 Å². The zero-order valence-corrected chi connectivity index (χ0v) is 33.1. The van der Waals surface area contributed by atoms with Gasteiger partial charge in [-0.25, -0.2) is 4.79 Å². The van der Waals surface area contributed by atoms with Crippen molar-refractivity contribution in [2.45, 2.75) is 168 Å². The molecule has 0 heterocycles. The van der Waals surface area contributed by atoms with Crippen molar-refractivity contribution in [2.24, 2.45) is 0 Å².